The summed E-state index contributed by atoms with van der Waals surface area (Å²) in [5.41, 5.74) is 2.89. The SMILES string of the molecule is O=C(O)c1cc2c(Br)c(N3CCN(Cc4ccc(Cl)cc4)CC3)ccc2o1. The first-order chi connectivity index (χ1) is 13.0. The van der Waals surface area contributed by atoms with Crippen LogP contribution in [0.5, 0.6) is 0 Å². The van der Waals surface area contributed by atoms with Crippen LogP contribution in [0.1, 0.15) is 16.1 Å². The Bertz CT molecular complexity index is 979. The lowest BCUT2D eigenvalue weighted by atomic mass is 10.1. The van der Waals surface area contributed by atoms with Crippen LogP contribution in [0.4, 0.5) is 5.69 Å². The summed E-state index contributed by atoms with van der Waals surface area (Å²) >= 11 is 9.59. The number of hydrogen-bond acceptors (Lipinski definition) is 4. The Hall–Kier alpha value is -2.02. The van der Waals surface area contributed by atoms with Crippen molar-refractivity contribution in [2.24, 2.45) is 0 Å². The minimum Gasteiger partial charge on any atom is -0.475 e. The van der Waals surface area contributed by atoms with Crippen LogP contribution in [-0.2, 0) is 6.54 Å². The van der Waals surface area contributed by atoms with Gasteiger partial charge < -0.3 is 14.4 Å². The van der Waals surface area contributed by atoms with E-state index in [1.807, 2.05) is 24.3 Å². The second-order valence-corrected chi connectivity index (χ2v) is 7.85. The van der Waals surface area contributed by atoms with Crippen molar-refractivity contribution in [3.05, 3.63) is 63.3 Å². The number of furan rings is 1. The predicted molar refractivity (Wildman–Crippen MR) is 110 cm³/mol. The van der Waals surface area contributed by atoms with Gasteiger partial charge in [-0.1, -0.05) is 23.7 Å². The van der Waals surface area contributed by atoms with Gasteiger partial charge in [0.2, 0.25) is 5.76 Å². The van der Waals surface area contributed by atoms with E-state index in [1.54, 1.807) is 6.07 Å². The van der Waals surface area contributed by atoms with Gasteiger partial charge in [-0.15, -0.1) is 0 Å². The minimum absolute atomic E-state index is 0.0457. The fraction of sp³-hybridized carbons (Fsp3) is 0.250. The molecular weight excluding hydrogens is 432 g/mol. The molecule has 140 valence electrons. The lowest BCUT2D eigenvalue weighted by Crippen LogP contribution is -2.46. The number of benzene rings is 2. The first-order valence-electron chi connectivity index (χ1n) is 8.68. The van der Waals surface area contributed by atoms with Crippen molar-refractivity contribution in [3.8, 4) is 0 Å². The van der Waals surface area contributed by atoms with Crippen LogP contribution in [0.2, 0.25) is 5.02 Å². The lowest BCUT2D eigenvalue weighted by Gasteiger charge is -2.36. The quantitative estimate of drug-likeness (QED) is 0.616. The van der Waals surface area contributed by atoms with Crippen molar-refractivity contribution >= 4 is 50.2 Å². The molecule has 1 aromatic heterocycles. The van der Waals surface area contributed by atoms with Crippen molar-refractivity contribution in [3.63, 3.8) is 0 Å². The van der Waals surface area contributed by atoms with E-state index in [0.29, 0.717) is 5.58 Å². The maximum Gasteiger partial charge on any atom is 0.371 e. The van der Waals surface area contributed by atoms with Gasteiger partial charge in [-0.05, 0) is 45.8 Å². The fourth-order valence-electron chi connectivity index (χ4n) is 3.41. The number of hydrogen-bond donors (Lipinski definition) is 1. The number of aromatic carboxylic acids is 1. The normalized spacial score (nSPS) is 15.4. The molecule has 0 radical (unpaired) electrons. The Morgan fingerprint density at radius 3 is 2.48 bits per heavy atom. The first-order valence-corrected chi connectivity index (χ1v) is 9.85. The highest BCUT2D eigenvalue weighted by Crippen LogP contribution is 2.36. The van der Waals surface area contributed by atoms with Crippen molar-refractivity contribution in [2.45, 2.75) is 6.54 Å². The molecule has 0 spiro atoms. The van der Waals surface area contributed by atoms with E-state index in [1.165, 1.54) is 5.56 Å². The highest BCUT2D eigenvalue weighted by Gasteiger charge is 2.21. The summed E-state index contributed by atoms with van der Waals surface area (Å²) < 4.78 is 6.26. The van der Waals surface area contributed by atoms with Gasteiger partial charge in [-0.3, -0.25) is 4.90 Å². The van der Waals surface area contributed by atoms with E-state index in [-0.39, 0.29) is 5.76 Å². The van der Waals surface area contributed by atoms with Gasteiger partial charge in [0.25, 0.3) is 0 Å². The number of nitrogens with zero attached hydrogens (tertiary/aromatic N) is 2. The van der Waals surface area contributed by atoms with E-state index < -0.39 is 5.97 Å². The molecule has 4 rings (SSSR count). The molecule has 1 aliphatic heterocycles. The number of halogens is 2. The number of fused-ring (bicyclic) bond motifs is 1. The Kier molecular flexibility index (Phi) is 5.12. The topological polar surface area (TPSA) is 56.9 Å². The van der Waals surface area contributed by atoms with E-state index in [0.717, 1.165) is 53.3 Å². The molecule has 1 fully saturated rings. The summed E-state index contributed by atoms with van der Waals surface area (Å²) in [6.07, 6.45) is 0. The molecule has 0 bridgehead atoms. The number of rotatable bonds is 4. The van der Waals surface area contributed by atoms with E-state index in [4.69, 9.17) is 21.1 Å². The first kappa shape index (κ1) is 18.3. The Morgan fingerprint density at radius 1 is 1.11 bits per heavy atom. The Labute approximate surface area is 170 Å². The Balaban J connectivity index is 1.46. The summed E-state index contributed by atoms with van der Waals surface area (Å²) in [7, 11) is 0. The summed E-state index contributed by atoms with van der Waals surface area (Å²) in [6.45, 7) is 4.63. The van der Waals surface area contributed by atoms with E-state index in [9.17, 15) is 4.79 Å². The zero-order chi connectivity index (χ0) is 19.0. The molecule has 0 saturated carbocycles. The maximum absolute atomic E-state index is 11.1. The van der Waals surface area contributed by atoms with Crippen LogP contribution < -0.4 is 4.90 Å². The number of carbonyl (C=O) groups is 1. The van der Waals surface area contributed by atoms with Crippen LogP contribution in [0.15, 0.2) is 51.4 Å². The molecule has 0 aliphatic carbocycles. The molecule has 2 heterocycles. The summed E-state index contributed by atoms with van der Waals surface area (Å²) in [5.74, 6) is -1.11. The van der Waals surface area contributed by atoms with Gasteiger partial charge in [0.05, 0.1) is 10.2 Å². The predicted octanol–water partition coefficient (Wildman–Crippen LogP) is 4.87. The highest BCUT2D eigenvalue weighted by atomic mass is 79.9. The second-order valence-electron chi connectivity index (χ2n) is 6.62. The van der Waals surface area contributed by atoms with Gasteiger partial charge >= 0.3 is 5.97 Å². The summed E-state index contributed by atoms with van der Waals surface area (Å²) in [6, 6.07) is 13.4. The third kappa shape index (κ3) is 3.83. The van der Waals surface area contributed by atoms with Crippen molar-refractivity contribution in [1.82, 2.24) is 4.90 Å². The van der Waals surface area contributed by atoms with Gasteiger partial charge in [-0.25, -0.2) is 4.79 Å². The molecule has 5 nitrogen and oxygen atoms in total. The Morgan fingerprint density at radius 2 is 1.81 bits per heavy atom. The number of piperazine rings is 1. The molecule has 1 N–H and O–H groups in total. The lowest BCUT2D eigenvalue weighted by molar-refractivity contribution is 0.0665. The molecule has 0 unspecified atom stereocenters. The molecule has 27 heavy (non-hydrogen) atoms. The molecule has 1 saturated heterocycles. The van der Waals surface area contributed by atoms with Gasteiger partial charge in [-0.2, -0.15) is 0 Å². The van der Waals surface area contributed by atoms with Crippen LogP contribution in [0, 0.1) is 0 Å². The van der Waals surface area contributed by atoms with E-state index in [2.05, 4.69) is 37.9 Å². The van der Waals surface area contributed by atoms with Crippen molar-refractivity contribution < 1.29 is 14.3 Å². The van der Waals surface area contributed by atoms with Crippen LogP contribution in [0.25, 0.3) is 11.0 Å². The molecule has 0 atom stereocenters. The molecule has 3 aromatic rings. The minimum atomic E-state index is -1.06. The third-order valence-corrected chi connectivity index (χ3v) is 5.94. The standard InChI is InChI=1S/C20H18BrClN2O3/c21-19-15-11-18(20(25)26)27-17(15)6-5-16(19)24-9-7-23(8-10-24)12-13-1-3-14(22)4-2-13/h1-6,11H,7-10,12H2,(H,25,26). The third-order valence-electron chi connectivity index (χ3n) is 4.86. The van der Waals surface area contributed by atoms with E-state index >= 15 is 0 Å². The van der Waals surface area contributed by atoms with Crippen molar-refractivity contribution in [1.29, 1.82) is 0 Å². The highest BCUT2D eigenvalue weighted by molar-refractivity contribution is 9.10. The molecule has 7 heteroatoms. The zero-order valence-corrected chi connectivity index (χ0v) is 16.8. The molecule has 1 aliphatic rings. The zero-order valence-electron chi connectivity index (χ0n) is 14.5. The molecule has 2 aromatic carbocycles. The monoisotopic (exact) mass is 448 g/mol. The largest absolute Gasteiger partial charge is 0.475 e. The van der Waals surface area contributed by atoms with Gasteiger partial charge in [0.1, 0.15) is 5.58 Å². The number of carboxylic acids is 1. The maximum atomic E-state index is 11.1. The molecular formula is C20H18BrClN2O3. The number of anilines is 1. The van der Waals surface area contributed by atoms with Gasteiger partial charge in [0.15, 0.2) is 0 Å². The van der Waals surface area contributed by atoms with Crippen LogP contribution >= 0.6 is 27.5 Å². The fourth-order valence-corrected chi connectivity index (χ4v) is 4.23. The van der Waals surface area contributed by atoms with Crippen LogP contribution in [0.3, 0.4) is 0 Å². The summed E-state index contributed by atoms with van der Waals surface area (Å²) in [4.78, 5) is 15.9. The number of carboxylic acid groups (broad SMARTS) is 1. The van der Waals surface area contributed by atoms with Crippen molar-refractivity contribution in [2.75, 3.05) is 31.1 Å². The second kappa shape index (κ2) is 7.54. The smallest absolute Gasteiger partial charge is 0.371 e. The van der Waals surface area contributed by atoms with Gasteiger partial charge in [0, 0.05) is 49.2 Å². The average molecular weight is 450 g/mol. The summed E-state index contributed by atoms with van der Waals surface area (Å²) in [5, 5.41) is 10.7. The molecule has 0 amide bonds. The van der Waals surface area contributed by atoms with Crippen LogP contribution in [-0.4, -0.2) is 42.2 Å². The average Bonchev–Trinajstić information content (AvgIpc) is 3.11.